The molecule has 0 amide bonds. The van der Waals surface area contributed by atoms with Crippen LogP contribution in [0.2, 0.25) is 0 Å². The Balaban J connectivity index is 1.54. The average molecular weight is 357 g/mol. The van der Waals surface area contributed by atoms with Crippen molar-refractivity contribution in [3.63, 3.8) is 0 Å². The van der Waals surface area contributed by atoms with E-state index in [4.69, 9.17) is 4.74 Å². The molecule has 1 unspecified atom stereocenters. The third-order valence-corrected chi connectivity index (χ3v) is 5.45. The number of benzene rings is 2. The lowest BCUT2D eigenvalue weighted by Gasteiger charge is -2.34. The Kier molecular flexibility index (Phi) is 4.92. The number of hydrogen-bond donors (Lipinski definition) is 1. The first-order valence-corrected chi connectivity index (χ1v) is 9.28. The number of ether oxygens (including phenoxy) is 1. The number of anilines is 1. The highest BCUT2D eigenvalue weighted by molar-refractivity contribution is 7.22. The molecule has 4 nitrogen and oxygen atoms in total. The monoisotopic (exact) mass is 357 g/mol. The number of nitrogens with zero attached hydrogens (tertiary/aromatic N) is 2. The van der Waals surface area contributed by atoms with E-state index in [0.29, 0.717) is 19.8 Å². The van der Waals surface area contributed by atoms with E-state index in [0.717, 1.165) is 29.3 Å². The number of hydrogen-bond acceptors (Lipinski definition) is 5. The summed E-state index contributed by atoms with van der Waals surface area (Å²) >= 11 is 1.64. The lowest BCUT2D eigenvalue weighted by atomic mass is 10.0. The first kappa shape index (κ1) is 16.4. The molecule has 4 rings (SSSR count). The summed E-state index contributed by atoms with van der Waals surface area (Å²) in [6.45, 7) is 3.81. The SMILES string of the molecule is Fc1cccc(C(CNc2nc3ccccc3s2)N2CCOCC2)c1. The summed E-state index contributed by atoms with van der Waals surface area (Å²) in [5.74, 6) is -0.198. The van der Waals surface area contributed by atoms with Crippen molar-refractivity contribution in [2.75, 3.05) is 38.2 Å². The van der Waals surface area contributed by atoms with Gasteiger partial charge in [0.25, 0.3) is 0 Å². The molecule has 1 N–H and O–H groups in total. The van der Waals surface area contributed by atoms with Crippen molar-refractivity contribution in [1.29, 1.82) is 0 Å². The summed E-state index contributed by atoms with van der Waals surface area (Å²) in [5, 5.41) is 4.35. The fraction of sp³-hybridized carbons (Fsp3) is 0.316. The van der Waals surface area contributed by atoms with Crippen molar-refractivity contribution in [1.82, 2.24) is 9.88 Å². The van der Waals surface area contributed by atoms with Gasteiger partial charge in [0.15, 0.2) is 5.13 Å². The van der Waals surface area contributed by atoms with E-state index in [1.54, 1.807) is 23.5 Å². The Morgan fingerprint density at radius 2 is 2.00 bits per heavy atom. The van der Waals surface area contributed by atoms with Crippen molar-refractivity contribution in [3.05, 3.63) is 59.9 Å². The molecule has 2 aromatic carbocycles. The fourth-order valence-corrected chi connectivity index (χ4v) is 4.07. The molecular weight excluding hydrogens is 337 g/mol. The molecule has 6 heteroatoms. The topological polar surface area (TPSA) is 37.4 Å². The maximum absolute atomic E-state index is 13.7. The molecule has 0 spiro atoms. The number of thiazole rings is 1. The molecule has 1 aliphatic heterocycles. The van der Waals surface area contributed by atoms with Gasteiger partial charge in [0, 0.05) is 19.6 Å². The van der Waals surface area contributed by atoms with Crippen molar-refractivity contribution in [2.45, 2.75) is 6.04 Å². The summed E-state index contributed by atoms with van der Waals surface area (Å²) in [6, 6.07) is 15.1. The van der Waals surface area contributed by atoms with E-state index in [-0.39, 0.29) is 11.9 Å². The van der Waals surface area contributed by atoms with E-state index in [1.165, 1.54) is 10.8 Å². The van der Waals surface area contributed by atoms with Gasteiger partial charge in [0.1, 0.15) is 5.82 Å². The smallest absolute Gasteiger partial charge is 0.183 e. The van der Waals surface area contributed by atoms with Crippen LogP contribution >= 0.6 is 11.3 Å². The Labute approximate surface area is 150 Å². The Morgan fingerprint density at radius 1 is 1.16 bits per heavy atom. The van der Waals surface area contributed by atoms with Gasteiger partial charge in [0.05, 0.1) is 29.5 Å². The molecule has 3 aromatic rings. The third-order valence-electron chi connectivity index (χ3n) is 4.46. The number of rotatable bonds is 5. The van der Waals surface area contributed by atoms with Crippen LogP contribution in [0.5, 0.6) is 0 Å². The molecule has 1 saturated heterocycles. The summed E-state index contributed by atoms with van der Waals surface area (Å²) in [7, 11) is 0. The standard InChI is InChI=1S/C19H20FN3OS/c20-15-5-3-4-14(12-15)17(23-8-10-24-11-9-23)13-21-19-22-16-6-1-2-7-18(16)25-19/h1-7,12,17H,8-11,13H2,(H,21,22). The van der Waals surface area contributed by atoms with Gasteiger partial charge in [-0.1, -0.05) is 35.6 Å². The van der Waals surface area contributed by atoms with Gasteiger partial charge >= 0.3 is 0 Å². The predicted octanol–water partition coefficient (Wildman–Crippen LogP) is 3.92. The van der Waals surface area contributed by atoms with Gasteiger partial charge in [-0.3, -0.25) is 4.90 Å². The van der Waals surface area contributed by atoms with Gasteiger partial charge in [0.2, 0.25) is 0 Å². The number of fused-ring (bicyclic) bond motifs is 1. The summed E-state index contributed by atoms with van der Waals surface area (Å²) < 4.78 is 20.4. The van der Waals surface area contributed by atoms with Crippen LogP contribution in [0.1, 0.15) is 11.6 Å². The van der Waals surface area contributed by atoms with E-state index in [1.807, 2.05) is 24.3 Å². The van der Waals surface area contributed by atoms with Crippen molar-refractivity contribution in [2.24, 2.45) is 0 Å². The average Bonchev–Trinajstić information content (AvgIpc) is 3.06. The lowest BCUT2D eigenvalue weighted by molar-refractivity contribution is 0.0186. The minimum Gasteiger partial charge on any atom is -0.379 e. The highest BCUT2D eigenvalue weighted by atomic mass is 32.1. The Bertz CT molecular complexity index is 814. The van der Waals surface area contributed by atoms with Crippen LogP contribution in [-0.4, -0.2) is 42.7 Å². The number of aromatic nitrogens is 1. The second kappa shape index (κ2) is 7.47. The lowest BCUT2D eigenvalue weighted by Crippen LogP contribution is -2.41. The van der Waals surface area contributed by atoms with Crippen molar-refractivity contribution < 1.29 is 9.13 Å². The van der Waals surface area contributed by atoms with Crippen LogP contribution in [0.15, 0.2) is 48.5 Å². The zero-order valence-electron chi connectivity index (χ0n) is 13.8. The molecule has 2 heterocycles. The van der Waals surface area contributed by atoms with Gasteiger partial charge in [-0.15, -0.1) is 0 Å². The van der Waals surface area contributed by atoms with Gasteiger partial charge in [-0.25, -0.2) is 9.37 Å². The molecule has 130 valence electrons. The normalized spacial score (nSPS) is 16.8. The Morgan fingerprint density at radius 3 is 2.80 bits per heavy atom. The highest BCUT2D eigenvalue weighted by Crippen LogP contribution is 2.28. The summed E-state index contributed by atoms with van der Waals surface area (Å²) in [5.41, 5.74) is 1.99. The van der Waals surface area contributed by atoms with Crippen LogP contribution in [0.4, 0.5) is 9.52 Å². The van der Waals surface area contributed by atoms with E-state index in [9.17, 15) is 4.39 Å². The summed E-state index contributed by atoms with van der Waals surface area (Å²) in [4.78, 5) is 6.98. The number of para-hydroxylation sites is 1. The van der Waals surface area contributed by atoms with Crippen LogP contribution in [0.3, 0.4) is 0 Å². The first-order chi connectivity index (χ1) is 12.3. The van der Waals surface area contributed by atoms with Crippen LogP contribution in [0, 0.1) is 5.82 Å². The largest absolute Gasteiger partial charge is 0.379 e. The maximum atomic E-state index is 13.7. The van der Waals surface area contributed by atoms with Crippen LogP contribution < -0.4 is 5.32 Å². The van der Waals surface area contributed by atoms with Gasteiger partial charge in [-0.2, -0.15) is 0 Å². The molecule has 0 aliphatic carbocycles. The minimum absolute atomic E-state index is 0.0895. The van der Waals surface area contributed by atoms with Crippen LogP contribution in [-0.2, 0) is 4.74 Å². The number of morpholine rings is 1. The molecule has 0 saturated carbocycles. The number of halogens is 1. The van der Waals surface area contributed by atoms with E-state index < -0.39 is 0 Å². The molecule has 0 bridgehead atoms. The quantitative estimate of drug-likeness (QED) is 0.751. The number of nitrogens with one attached hydrogen (secondary N) is 1. The Hall–Kier alpha value is -2.02. The second-order valence-corrected chi connectivity index (χ2v) is 7.12. The highest BCUT2D eigenvalue weighted by Gasteiger charge is 2.23. The second-order valence-electron chi connectivity index (χ2n) is 6.09. The minimum atomic E-state index is -0.198. The third kappa shape index (κ3) is 3.81. The van der Waals surface area contributed by atoms with Gasteiger partial charge in [-0.05, 0) is 29.8 Å². The van der Waals surface area contributed by atoms with Crippen molar-refractivity contribution >= 4 is 26.7 Å². The van der Waals surface area contributed by atoms with Crippen LogP contribution in [0.25, 0.3) is 10.2 Å². The van der Waals surface area contributed by atoms with E-state index >= 15 is 0 Å². The fourth-order valence-electron chi connectivity index (χ4n) is 3.19. The van der Waals surface area contributed by atoms with E-state index in [2.05, 4.69) is 21.3 Å². The van der Waals surface area contributed by atoms with Crippen molar-refractivity contribution in [3.8, 4) is 0 Å². The predicted molar refractivity (Wildman–Crippen MR) is 99.6 cm³/mol. The maximum Gasteiger partial charge on any atom is 0.183 e. The molecular formula is C19H20FN3OS. The molecule has 25 heavy (non-hydrogen) atoms. The first-order valence-electron chi connectivity index (χ1n) is 8.46. The molecule has 1 fully saturated rings. The molecule has 1 aliphatic rings. The zero-order chi connectivity index (χ0) is 17.1. The molecule has 1 aromatic heterocycles. The molecule has 0 radical (unpaired) electrons. The molecule has 1 atom stereocenters. The van der Waals surface area contributed by atoms with Gasteiger partial charge < -0.3 is 10.1 Å². The summed E-state index contributed by atoms with van der Waals surface area (Å²) in [6.07, 6.45) is 0. The zero-order valence-corrected chi connectivity index (χ0v) is 14.6.